The Morgan fingerprint density at radius 1 is 1.16 bits per heavy atom. The van der Waals surface area contributed by atoms with Crippen LogP contribution in [0, 0.1) is 16.7 Å². The molecule has 2 saturated heterocycles. The molecule has 5 rings (SSSR count). The van der Waals surface area contributed by atoms with Gasteiger partial charge in [0.15, 0.2) is 0 Å². The van der Waals surface area contributed by atoms with Crippen molar-refractivity contribution in [3.05, 3.63) is 36.0 Å². The molecule has 3 heterocycles. The summed E-state index contributed by atoms with van der Waals surface area (Å²) in [6.45, 7) is 8.08. The van der Waals surface area contributed by atoms with Crippen LogP contribution < -0.4 is 0 Å². The van der Waals surface area contributed by atoms with E-state index in [1.54, 1.807) is 32.1 Å². The second kappa shape index (κ2) is 10.2. The highest BCUT2D eigenvalue weighted by Crippen LogP contribution is 2.72. The molecule has 0 aromatic carbocycles. The van der Waals surface area contributed by atoms with E-state index in [2.05, 4.69) is 19.9 Å². The molecule has 0 radical (unpaired) electrons. The third kappa shape index (κ3) is 4.46. The molecule has 5 aliphatic rings. The molecule has 1 saturated carbocycles. The number of hydrogen-bond donors (Lipinski definition) is 2. The molecule has 3 aliphatic heterocycles. The summed E-state index contributed by atoms with van der Waals surface area (Å²) in [5, 5.41) is 20.7. The Morgan fingerprint density at radius 3 is 2.63 bits per heavy atom. The molecule has 0 aromatic rings. The van der Waals surface area contributed by atoms with Crippen LogP contribution in [0.25, 0.3) is 0 Å². The Labute approximate surface area is 223 Å². The first-order chi connectivity index (χ1) is 18.0. The van der Waals surface area contributed by atoms with Crippen molar-refractivity contribution in [2.75, 3.05) is 19.8 Å². The zero-order valence-electron chi connectivity index (χ0n) is 22.6. The first-order valence-electron chi connectivity index (χ1n) is 13.7. The van der Waals surface area contributed by atoms with Gasteiger partial charge in [0.1, 0.15) is 24.4 Å². The van der Waals surface area contributed by atoms with Gasteiger partial charge in [-0.2, -0.15) is 0 Å². The number of rotatable bonds is 1. The van der Waals surface area contributed by atoms with Crippen molar-refractivity contribution >= 4 is 11.9 Å². The van der Waals surface area contributed by atoms with Crippen LogP contribution in [0.1, 0.15) is 53.4 Å². The van der Waals surface area contributed by atoms with Gasteiger partial charge in [0.2, 0.25) is 0 Å². The fourth-order valence-electron chi connectivity index (χ4n) is 7.02. The van der Waals surface area contributed by atoms with E-state index in [1.807, 2.05) is 0 Å². The standard InChI is InChI=1S/C29H40O9/c1-17-9-10-28-15-35-26(33)12-18(2)20(31)14-34-21(19(3)30)7-5-6-8-25(32)38-22-13-24(37-23(28)11-17)29(16-36-29)27(22,28)4/h5-8,11,18-24,30-31H,9-10,12-16H2,1-4H3/b7-5+,8-6-/t18?,19?,20-,21-,22-,23-,24-,27-,28-,29+/m1/s1. The largest absolute Gasteiger partial charge is 0.465 e. The van der Waals surface area contributed by atoms with Gasteiger partial charge in [0, 0.05) is 17.9 Å². The fraction of sp³-hybridized carbons (Fsp3) is 0.724. The van der Waals surface area contributed by atoms with Crippen LogP contribution in [0.3, 0.4) is 0 Å². The Bertz CT molecular complexity index is 1030. The smallest absolute Gasteiger partial charge is 0.331 e. The number of cyclic esters (lactones) is 1. The zero-order chi connectivity index (χ0) is 27.3. The van der Waals surface area contributed by atoms with E-state index in [0.717, 1.165) is 6.42 Å². The molecule has 0 aromatic heterocycles. The Morgan fingerprint density at radius 2 is 1.92 bits per heavy atom. The fourth-order valence-corrected chi connectivity index (χ4v) is 7.02. The lowest BCUT2D eigenvalue weighted by Gasteiger charge is -2.58. The molecule has 210 valence electrons. The van der Waals surface area contributed by atoms with Crippen LogP contribution in [0.2, 0.25) is 0 Å². The van der Waals surface area contributed by atoms with Gasteiger partial charge in [-0.25, -0.2) is 4.79 Å². The number of carbonyl (C=O) groups excluding carboxylic acids is 2. The van der Waals surface area contributed by atoms with Crippen LogP contribution in [-0.4, -0.2) is 84.2 Å². The lowest BCUT2D eigenvalue weighted by atomic mass is 9.51. The maximum absolute atomic E-state index is 13.0. The van der Waals surface area contributed by atoms with E-state index in [9.17, 15) is 19.8 Å². The average molecular weight is 533 g/mol. The maximum Gasteiger partial charge on any atom is 0.331 e. The molecular weight excluding hydrogens is 492 g/mol. The van der Waals surface area contributed by atoms with Gasteiger partial charge >= 0.3 is 11.9 Å². The SMILES string of the molecule is CC1=C[C@H]2O[C@@H]3C[C@H]4OC(=O)/C=C\C=C\[C@H](C(C)O)OC[C@@H](O)C(C)CC(=O)OC[C@@]2(CC1)[C@]4(C)[C@]31CO1. The Hall–Kier alpha value is -2.04. The number of esters is 2. The van der Waals surface area contributed by atoms with E-state index in [0.29, 0.717) is 19.4 Å². The normalized spacial score (nSPS) is 48.0. The maximum atomic E-state index is 13.0. The number of hydrogen-bond acceptors (Lipinski definition) is 9. The van der Waals surface area contributed by atoms with Crippen LogP contribution in [0.4, 0.5) is 0 Å². The van der Waals surface area contributed by atoms with Crippen molar-refractivity contribution in [1.82, 2.24) is 0 Å². The molecule has 2 unspecified atom stereocenters. The number of epoxide rings is 1. The van der Waals surface area contributed by atoms with Gasteiger partial charge in [-0.1, -0.05) is 43.7 Å². The third-order valence-corrected chi connectivity index (χ3v) is 9.69. The van der Waals surface area contributed by atoms with Gasteiger partial charge in [0.05, 0.1) is 49.5 Å². The van der Waals surface area contributed by atoms with Crippen molar-refractivity contribution in [3.8, 4) is 0 Å². The van der Waals surface area contributed by atoms with Gasteiger partial charge in [-0.05, 0) is 32.6 Å². The minimum absolute atomic E-state index is 0.0122. The van der Waals surface area contributed by atoms with Crippen LogP contribution >= 0.6 is 0 Å². The number of ether oxygens (including phenoxy) is 5. The first-order valence-corrected chi connectivity index (χ1v) is 13.7. The summed E-state index contributed by atoms with van der Waals surface area (Å²) < 4.78 is 30.5. The summed E-state index contributed by atoms with van der Waals surface area (Å²) in [4.78, 5) is 26.0. The summed E-state index contributed by atoms with van der Waals surface area (Å²) in [6, 6.07) is 0. The highest BCUT2D eigenvalue weighted by Gasteiger charge is 2.83. The van der Waals surface area contributed by atoms with E-state index < -0.39 is 58.7 Å². The Balaban J connectivity index is 1.50. The number of aliphatic hydroxyl groups excluding tert-OH is 2. The molecule has 38 heavy (non-hydrogen) atoms. The van der Waals surface area contributed by atoms with Crippen molar-refractivity contribution in [2.45, 2.75) is 95.6 Å². The van der Waals surface area contributed by atoms with Crippen molar-refractivity contribution < 1.29 is 43.5 Å². The second-order valence-corrected chi connectivity index (χ2v) is 11.9. The van der Waals surface area contributed by atoms with Crippen molar-refractivity contribution in [2.24, 2.45) is 16.7 Å². The third-order valence-electron chi connectivity index (χ3n) is 9.69. The van der Waals surface area contributed by atoms with E-state index >= 15 is 0 Å². The lowest BCUT2D eigenvalue weighted by Crippen LogP contribution is -2.66. The highest BCUT2D eigenvalue weighted by atomic mass is 16.6. The van der Waals surface area contributed by atoms with E-state index in [1.165, 1.54) is 11.6 Å². The summed E-state index contributed by atoms with van der Waals surface area (Å²) in [5.74, 6) is -1.33. The van der Waals surface area contributed by atoms with Crippen molar-refractivity contribution in [3.63, 3.8) is 0 Å². The predicted octanol–water partition coefficient (Wildman–Crippen LogP) is 2.39. The average Bonchev–Trinajstić information content (AvgIpc) is 3.64. The minimum atomic E-state index is -0.925. The lowest BCUT2D eigenvalue weighted by molar-refractivity contribution is -0.233. The molecule has 3 fully saturated rings. The summed E-state index contributed by atoms with van der Waals surface area (Å²) in [7, 11) is 0. The van der Waals surface area contributed by atoms with Crippen LogP contribution in [0.15, 0.2) is 36.0 Å². The van der Waals surface area contributed by atoms with Gasteiger partial charge in [-0.15, -0.1) is 0 Å². The molecule has 9 heteroatoms. The van der Waals surface area contributed by atoms with E-state index in [-0.39, 0.29) is 31.8 Å². The molecule has 2 N–H and O–H groups in total. The number of allylic oxidation sites excluding steroid dienone is 3. The van der Waals surface area contributed by atoms with Gasteiger partial charge < -0.3 is 33.9 Å². The highest BCUT2D eigenvalue weighted by molar-refractivity contribution is 5.82. The second-order valence-electron chi connectivity index (χ2n) is 11.9. The zero-order valence-corrected chi connectivity index (χ0v) is 22.6. The molecule has 2 bridgehead atoms. The van der Waals surface area contributed by atoms with Crippen molar-refractivity contribution in [1.29, 1.82) is 0 Å². The summed E-state index contributed by atoms with van der Waals surface area (Å²) in [6.07, 6.45) is 6.84. The molecule has 9 nitrogen and oxygen atoms in total. The molecule has 2 spiro atoms. The minimum Gasteiger partial charge on any atom is -0.465 e. The van der Waals surface area contributed by atoms with Crippen LogP contribution in [-0.2, 0) is 33.3 Å². The summed E-state index contributed by atoms with van der Waals surface area (Å²) in [5.41, 5.74) is -0.638. The molecular formula is C29H40O9. The quantitative estimate of drug-likeness (QED) is 0.298. The van der Waals surface area contributed by atoms with Gasteiger partial charge in [-0.3, -0.25) is 4.79 Å². The first kappa shape index (κ1) is 27.5. The molecule has 0 amide bonds. The monoisotopic (exact) mass is 532 g/mol. The number of carbonyl (C=O) groups is 2. The summed E-state index contributed by atoms with van der Waals surface area (Å²) >= 11 is 0. The van der Waals surface area contributed by atoms with E-state index in [4.69, 9.17) is 23.7 Å². The molecule has 10 atom stereocenters. The topological polar surface area (TPSA) is 124 Å². The van der Waals surface area contributed by atoms with Crippen LogP contribution in [0.5, 0.6) is 0 Å². The molecule has 2 aliphatic carbocycles. The number of aliphatic hydroxyl groups is 2. The Kier molecular flexibility index (Phi) is 7.37. The van der Waals surface area contributed by atoms with Gasteiger partial charge in [0.25, 0.3) is 0 Å². The predicted molar refractivity (Wildman–Crippen MR) is 136 cm³/mol.